The Morgan fingerprint density at radius 3 is 2.20 bits per heavy atom. The molecular weight excluding hydrogens is 450 g/mol. The van der Waals surface area contributed by atoms with Gasteiger partial charge in [0.2, 0.25) is 11.9 Å². The standard InChI is InChI=1S/C13H18N8O.C10H13NO2/c1-20-8-9(7-15-20)16-12-10(11(14)22)18-19-13(17-12)21-5-3-2-4-6-21;1-10(2,13)8-5-3-7(4-6-8)9(11)12/h7-8H,2-6H2,1H3,(H2,14,22)(H,16,17,19);3-6,13H,1-2H3,(H2,11,12). The molecule has 1 aliphatic heterocycles. The van der Waals surface area contributed by atoms with Gasteiger partial charge in [0, 0.05) is 31.9 Å². The number of piperidine rings is 1. The van der Waals surface area contributed by atoms with Crippen LogP contribution in [0.15, 0.2) is 36.7 Å². The predicted octanol–water partition coefficient (Wildman–Crippen LogP) is 1.45. The summed E-state index contributed by atoms with van der Waals surface area (Å²) in [5.41, 5.74) is 11.5. The maximum absolute atomic E-state index is 11.5. The SMILES string of the molecule is CC(C)(O)c1ccc(C(N)=O)cc1.Cn1cc(Nc2nc(N3CCCCC3)nnc2C(N)=O)cn1. The highest BCUT2D eigenvalue weighted by Gasteiger charge is 2.19. The van der Waals surface area contributed by atoms with Gasteiger partial charge < -0.3 is 26.8 Å². The molecule has 186 valence electrons. The zero-order chi connectivity index (χ0) is 25.6. The number of nitrogens with zero attached hydrogens (tertiary/aromatic N) is 6. The highest BCUT2D eigenvalue weighted by atomic mass is 16.3. The van der Waals surface area contributed by atoms with E-state index in [1.807, 2.05) is 0 Å². The summed E-state index contributed by atoms with van der Waals surface area (Å²) in [6.45, 7) is 5.16. The molecule has 0 bridgehead atoms. The zero-order valence-corrected chi connectivity index (χ0v) is 20.1. The number of carbonyl (C=O) groups is 2. The van der Waals surface area contributed by atoms with Crippen LogP contribution >= 0.6 is 0 Å². The number of nitrogens with one attached hydrogen (secondary N) is 1. The fourth-order valence-corrected chi connectivity index (χ4v) is 3.46. The van der Waals surface area contributed by atoms with Gasteiger partial charge in [0.15, 0.2) is 11.5 Å². The van der Waals surface area contributed by atoms with E-state index in [0.29, 0.717) is 23.0 Å². The fourth-order valence-electron chi connectivity index (χ4n) is 3.46. The fraction of sp³-hybridized carbons (Fsp3) is 0.391. The van der Waals surface area contributed by atoms with Gasteiger partial charge in [-0.2, -0.15) is 10.1 Å². The van der Waals surface area contributed by atoms with Crippen LogP contribution in [0.25, 0.3) is 0 Å². The highest BCUT2D eigenvalue weighted by Crippen LogP contribution is 2.21. The number of carbonyl (C=O) groups excluding carboxylic acids is 2. The minimum absolute atomic E-state index is 0.0182. The van der Waals surface area contributed by atoms with Crippen molar-refractivity contribution in [2.45, 2.75) is 38.7 Å². The number of hydrogen-bond donors (Lipinski definition) is 4. The average Bonchev–Trinajstić information content (AvgIpc) is 3.23. The third kappa shape index (κ3) is 6.96. The third-order valence-electron chi connectivity index (χ3n) is 5.39. The number of rotatable bonds is 6. The quantitative estimate of drug-likeness (QED) is 0.405. The lowest BCUT2D eigenvalue weighted by molar-refractivity contribution is 0.0784. The third-order valence-corrected chi connectivity index (χ3v) is 5.39. The van der Waals surface area contributed by atoms with Crippen LogP contribution in [0.1, 0.15) is 59.5 Å². The molecule has 2 aromatic heterocycles. The molecule has 0 spiro atoms. The van der Waals surface area contributed by atoms with E-state index in [1.165, 1.54) is 6.42 Å². The maximum Gasteiger partial charge on any atom is 0.273 e. The van der Waals surface area contributed by atoms with Crippen molar-refractivity contribution in [2.24, 2.45) is 18.5 Å². The van der Waals surface area contributed by atoms with Gasteiger partial charge in [-0.15, -0.1) is 10.2 Å². The average molecular weight is 482 g/mol. The number of aromatic nitrogens is 5. The first-order valence-corrected chi connectivity index (χ1v) is 11.2. The minimum atomic E-state index is -0.879. The molecule has 0 saturated carbocycles. The summed E-state index contributed by atoms with van der Waals surface area (Å²) in [5.74, 6) is -0.314. The number of aryl methyl sites for hydroxylation is 1. The summed E-state index contributed by atoms with van der Waals surface area (Å²) in [7, 11) is 1.80. The van der Waals surface area contributed by atoms with Gasteiger partial charge in [-0.3, -0.25) is 14.3 Å². The Hall–Kier alpha value is -4.06. The molecule has 12 heteroatoms. The second-order valence-electron chi connectivity index (χ2n) is 8.75. The number of nitrogens with two attached hydrogens (primary N) is 2. The first-order chi connectivity index (χ1) is 16.5. The van der Waals surface area contributed by atoms with Gasteiger partial charge >= 0.3 is 0 Å². The van der Waals surface area contributed by atoms with E-state index in [1.54, 1.807) is 62.2 Å². The van der Waals surface area contributed by atoms with Crippen LogP contribution in [0.3, 0.4) is 0 Å². The Morgan fingerprint density at radius 1 is 1.03 bits per heavy atom. The second kappa shape index (κ2) is 10.9. The number of amides is 2. The van der Waals surface area contributed by atoms with Crippen molar-refractivity contribution in [1.29, 1.82) is 0 Å². The molecule has 2 amide bonds. The van der Waals surface area contributed by atoms with Gasteiger partial charge in [-0.25, -0.2) is 0 Å². The van der Waals surface area contributed by atoms with Crippen molar-refractivity contribution in [3.63, 3.8) is 0 Å². The second-order valence-corrected chi connectivity index (χ2v) is 8.75. The molecule has 3 heterocycles. The van der Waals surface area contributed by atoms with E-state index in [9.17, 15) is 14.7 Å². The monoisotopic (exact) mass is 481 g/mol. The van der Waals surface area contributed by atoms with E-state index < -0.39 is 17.4 Å². The van der Waals surface area contributed by atoms with E-state index in [2.05, 4.69) is 30.5 Å². The molecular formula is C23H31N9O3. The molecule has 35 heavy (non-hydrogen) atoms. The summed E-state index contributed by atoms with van der Waals surface area (Å²) < 4.78 is 1.65. The smallest absolute Gasteiger partial charge is 0.273 e. The van der Waals surface area contributed by atoms with E-state index in [-0.39, 0.29) is 5.69 Å². The van der Waals surface area contributed by atoms with Crippen molar-refractivity contribution in [1.82, 2.24) is 25.0 Å². The Labute approximate surface area is 203 Å². The summed E-state index contributed by atoms with van der Waals surface area (Å²) in [6.07, 6.45) is 6.82. The maximum atomic E-state index is 11.5. The Bertz CT molecular complexity index is 1160. The van der Waals surface area contributed by atoms with Crippen LogP contribution in [0, 0.1) is 0 Å². The number of benzene rings is 1. The van der Waals surface area contributed by atoms with Gasteiger partial charge in [0.25, 0.3) is 5.91 Å². The number of anilines is 3. The van der Waals surface area contributed by atoms with Crippen molar-refractivity contribution >= 4 is 29.3 Å². The molecule has 1 fully saturated rings. The lowest BCUT2D eigenvalue weighted by atomic mass is 9.97. The van der Waals surface area contributed by atoms with Crippen LogP contribution in [-0.2, 0) is 12.6 Å². The van der Waals surface area contributed by atoms with E-state index in [0.717, 1.165) is 31.5 Å². The molecule has 1 aromatic carbocycles. The molecule has 0 aliphatic carbocycles. The summed E-state index contributed by atoms with van der Waals surface area (Å²) in [5, 5.41) is 24.7. The van der Waals surface area contributed by atoms with Crippen LogP contribution < -0.4 is 21.7 Å². The Balaban J connectivity index is 0.000000225. The molecule has 0 atom stereocenters. The normalized spacial score (nSPS) is 13.5. The van der Waals surface area contributed by atoms with E-state index >= 15 is 0 Å². The molecule has 3 aromatic rings. The number of primary amides is 2. The Kier molecular flexibility index (Phi) is 7.97. The van der Waals surface area contributed by atoms with Crippen molar-refractivity contribution in [2.75, 3.05) is 23.3 Å². The Morgan fingerprint density at radius 2 is 1.69 bits per heavy atom. The van der Waals surface area contributed by atoms with Crippen LogP contribution in [0.2, 0.25) is 0 Å². The van der Waals surface area contributed by atoms with E-state index in [4.69, 9.17) is 11.5 Å². The van der Waals surface area contributed by atoms with Crippen LogP contribution in [-0.4, -0.2) is 55.0 Å². The summed E-state index contributed by atoms with van der Waals surface area (Å²) in [6, 6.07) is 6.60. The first-order valence-electron chi connectivity index (χ1n) is 11.2. The van der Waals surface area contributed by atoms with Crippen LogP contribution in [0.5, 0.6) is 0 Å². The topological polar surface area (TPSA) is 178 Å². The van der Waals surface area contributed by atoms with Crippen molar-refractivity contribution in [3.8, 4) is 0 Å². The van der Waals surface area contributed by atoms with Gasteiger partial charge in [-0.05, 0) is 50.8 Å². The minimum Gasteiger partial charge on any atom is -0.386 e. The van der Waals surface area contributed by atoms with Crippen molar-refractivity contribution < 1.29 is 14.7 Å². The first kappa shape index (κ1) is 25.6. The van der Waals surface area contributed by atoms with Gasteiger partial charge in [-0.1, -0.05) is 12.1 Å². The van der Waals surface area contributed by atoms with Gasteiger partial charge in [0.05, 0.1) is 17.5 Å². The lowest BCUT2D eigenvalue weighted by Gasteiger charge is -2.26. The molecule has 12 nitrogen and oxygen atoms in total. The van der Waals surface area contributed by atoms with Crippen LogP contribution in [0.4, 0.5) is 17.5 Å². The van der Waals surface area contributed by atoms with Crippen molar-refractivity contribution in [3.05, 3.63) is 53.5 Å². The largest absolute Gasteiger partial charge is 0.386 e. The molecule has 0 unspecified atom stereocenters. The zero-order valence-electron chi connectivity index (χ0n) is 20.1. The highest BCUT2D eigenvalue weighted by molar-refractivity contribution is 5.96. The lowest BCUT2D eigenvalue weighted by Crippen LogP contribution is -2.32. The molecule has 6 N–H and O–H groups in total. The van der Waals surface area contributed by atoms with Gasteiger partial charge in [0.1, 0.15) is 0 Å². The molecule has 0 radical (unpaired) electrons. The number of hydrogen-bond acceptors (Lipinski definition) is 9. The number of aliphatic hydroxyl groups is 1. The summed E-state index contributed by atoms with van der Waals surface area (Å²) >= 11 is 0. The molecule has 1 aliphatic rings. The predicted molar refractivity (Wildman–Crippen MR) is 131 cm³/mol. The summed E-state index contributed by atoms with van der Waals surface area (Å²) in [4.78, 5) is 28.7. The molecule has 1 saturated heterocycles. The molecule has 4 rings (SSSR count).